The van der Waals surface area contributed by atoms with Gasteiger partial charge in [0.25, 0.3) is 0 Å². The van der Waals surface area contributed by atoms with Gasteiger partial charge in [0.15, 0.2) is 0 Å². The molecule has 0 atom stereocenters. The first-order valence-corrected chi connectivity index (χ1v) is 6.53. The Balaban J connectivity index is 2.37. The van der Waals surface area contributed by atoms with Crippen molar-refractivity contribution in [3.05, 3.63) is 51.6 Å². The molecule has 0 bridgehead atoms. The topological polar surface area (TPSA) is 51.2 Å². The molecule has 2 rings (SSSR count). The Morgan fingerprint density at radius 1 is 1.42 bits per heavy atom. The van der Waals surface area contributed by atoms with E-state index >= 15 is 0 Å². The van der Waals surface area contributed by atoms with Crippen molar-refractivity contribution >= 4 is 45.0 Å². The SMILES string of the molecule is COC(=O)c1cc(Br)cnc1Nc1cccc(Cl)c1. The summed E-state index contributed by atoms with van der Waals surface area (Å²) < 4.78 is 5.43. The standard InChI is InChI=1S/C13H10BrClN2O2/c1-19-13(18)11-5-8(14)7-16-12(11)17-10-4-2-3-9(15)6-10/h2-7H,1H3,(H,16,17). The summed E-state index contributed by atoms with van der Waals surface area (Å²) >= 11 is 9.18. The molecule has 0 radical (unpaired) electrons. The third-order valence-corrected chi connectivity index (χ3v) is 3.02. The second-order valence-corrected chi connectivity index (χ2v) is 5.03. The number of carbonyl (C=O) groups is 1. The fourth-order valence-corrected chi connectivity index (χ4v) is 2.03. The molecule has 0 aliphatic rings. The van der Waals surface area contributed by atoms with Gasteiger partial charge >= 0.3 is 5.97 Å². The summed E-state index contributed by atoms with van der Waals surface area (Å²) in [4.78, 5) is 15.9. The van der Waals surface area contributed by atoms with Crippen molar-refractivity contribution in [3.8, 4) is 0 Å². The van der Waals surface area contributed by atoms with E-state index in [1.807, 2.05) is 6.07 Å². The lowest BCUT2D eigenvalue weighted by Crippen LogP contribution is -2.07. The number of nitrogens with zero attached hydrogens (tertiary/aromatic N) is 1. The largest absolute Gasteiger partial charge is 0.465 e. The van der Waals surface area contributed by atoms with E-state index in [4.69, 9.17) is 16.3 Å². The lowest BCUT2D eigenvalue weighted by molar-refractivity contribution is 0.0601. The predicted octanol–water partition coefficient (Wildman–Crippen LogP) is 4.03. The van der Waals surface area contributed by atoms with Crippen LogP contribution < -0.4 is 5.32 Å². The third-order valence-electron chi connectivity index (χ3n) is 2.35. The first kappa shape index (κ1) is 13.8. The number of hydrogen-bond acceptors (Lipinski definition) is 4. The number of esters is 1. The molecule has 0 saturated heterocycles. The van der Waals surface area contributed by atoms with Crippen molar-refractivity contribution < 1.29 is 9.53 Å². The molecule has 1 aromatic heterocycles. The van der Waals surface area contributed by atoms with E-state index in [9.17, 15) is 4.79 Å². The predicted molar refractivity (Wildman–Crippen MR) is 78.0 cm³/mol. The molecule has 98 valence electrons. The summed E-state index contributed by atoms with van der Waals surface area (Å²) in [5.41, 5.74) is 1.09. The number of aromatic nitrogens is 1. The molecule has 1 aromatic carbocycles. The zero-order valence-corrected chi connectivity index (χ0v) is 12.3. The molecule has 0 fully saturated rings. The number of nitrogens with one attached hydrogen (secondary N) is 1. The van der Waals surface area contributed by atoms with Crippen molar-refractivity contribution in [2.75, 3.05) is 12.4 Å². The first-order chi connectivity index (χ1) is 9.10. The third kappa shape index (κ3) is 3.45. The van der Waals surface area contributed by atoms with E-state index in [-0.39, 0.29) is 0 Å². The zero-order chi connectivity index (χ0) is 13.8. The number of ether oxygens (including phenoxy) is 1. The molecule has 19 heavy (non-hydrogen) atoms. The molecule has 6 heteroatoms. The van der Waals surface area contributed by atoms with Gasteiger partial charge in [-0.2, -0.15) is 0 Å². The fourth-order valence-electron chi connectivity index (χ4n) is 1.51. The zero-order valence-electron chi connectivity index (χ0n) is 9.98. The van der Waals surface area contributed by atoms with Crippen LogP contribution in [-0.2, 0) is 4.74 Å². The quantitative estimate of drug-likeness (QED) is 0.857. The molecule has 0 saturated carbocycles. The summed E-state index contributed by atoms with van der Waals surface area (Å²) in [5.74, 6) is -0.0457. The molecule has 0 amide bonds. The number of carbonyl (C=O) groups excluding carboxylic acids is 1. The number of anilines is 2. The minimum atomic E-state index is -0.460. The lowest BCUT2D eigenvalue weighted by Gasteiger charge is -2.10. The van der Waals surface area contributed by atoms with Crippen LogP contribution in [-0.4, -0.2) is 18.1 Å². The highest BCUT2D eigenvalue weighted by Crippen LogP contribution is 2.24. The van der Waals surface area contributed by atoms with Crippen molar-refractivity contribution in [1.29, 1.82) is 0 Å². The van der Waals surface area contributed by atoms with Gasteiger partial charge < -0.3 is 10.1 Å². The van der Waals surface area contributed by atoms with E-state index in [1.54, 1.807) is 30.5 Å². The maximum atomic E-state index is 11.7. The van der Waals surface area contributed by atoms with E-state index in [1.165, 1.54) is 7.11 Å². The second-order valence-electron chi connectivity index (χ2n) is 3.68. The Hall–Kier alpha value is -1.59. The second kappa shape index (κ2) is 6.04. The minimum Gasteiger partial charge on any atom is -0.465 e. The number of methoxy groups -OCH3 is 1. The molecular weight excluding hydrogens is 332 g/mol. The van der Waals surface area contributed by atoms with Gasteiger partial charge in [-0.1, -0.05) is 17.7 Å². The smallest absolute Gasteiger partial charge is 0.341 e. The fraction of sp³-hybridized carbons (Fsp3) is 0.0769. The van der Waals surface area contributed by atoms with Crippen LogP contribution >= 0.6 is 27.5 Å². The van der Waals surface area contributed by atoms with Crippen LogP contribution in [0.1, 0.15) is 10.4 Å². The van der Waals surface area contributed by atoms with Crippen LogP contribution in [0, 0.1) is 0 Å². The number of benzene rings is 1. The average Bonchev–Trinajstić information content (AvgIpc) is 2.40. The maximum absolute atomic E-state index is 11.7. The lowest BCUT2D eigenvalue weighted by atomic mass is 10.2. The van der Waals surface area contributed by atoms with Crippen molar-refractivity contribution in [3.63, 3.8) is 0 Å². The van der Waals surface area contributed by atoms with Crippen molar-refractivity contribution in [2.24, 2.45) is 0 Å². The highest BCUT2D eigenvalue weighted by Gasteiger charge is 2.14. The van der Waals surface area contributed by atoms with Crippen LogP contribution in [0.2, 0.25) is 5.02 Å². The normalized spacial score (nSPS) is 10.1. The summed E-state index contributed by atoms with van der Waals surface area (Å²) in [6.07, 6.45) is 1.60. The number of rotatable bonds is 3. The molecule has 0 spiro atoms. The van der Waals surface area contributed by atoms with Gasteiger partial charge in [0.1, 0.15) is 11.4 Å². The molecule has 1 heterocycles. The van der Waals surface area contributed by atoms with Crippen molar-refractivity contribution in [1.82, 2.24) is 4.98 Å². The number of hydrogen-bond donors (Lipinski definition) is 1. The molecule has 0 aliphatic carbocycles. The van der Waals surface area contributed by atoms with E-state index < -0.39 is 5.97 Å². The Labute approximate surface area is 123 Å². The van der Waals surface area contributed by atoms with Gasteiger partial charge in [-0.15, -0.1) is 0 Å². The van der Waals surface area contributed by atoms with E-state index in [2.05, 4.69) is 26.2 Å². The first-order valence-electron chi connectivity index (χ1n) is 5.36. The number of halogens is 2. The van der Waals surface area contributed by atoms with Gasteiger partial charge in [-0.25, -0.2) is 9.78 Å². The van der Waals surface area contributed by atoms with Gasteiger partial charge in [-0.05, 0) is 40.2 Å². The Kier molecular flexibility index (Phi) is 4.39. The average molecular weight is 342 g/mol. The summed E-state index contributed by atoms with van der Waals surface area (Å²) in [6.45, 7) is 0. The van der Waals surface area contributed by atoms with Crippen molar-refractivity contribution in [2.45, 2.75) is 0 Å². The Morgan fingerprint density at radius 3 is 2.89 bits per heavy atom. The Bertz CT molecular complexity index is 619. The van der Waals surface area contributed by atoms with Crippen LogP contribution in [0.15, 0.2) is 41.0 Å². The van der Waals surface area contributed by atoms with Gasteiger partial charge in [0, 0.05) is 21.4 Å². The highest BCUT2D eigenvalue weighted by molar-refractivity contribution is 9.10. The molecule has 2 aromatic rings. The summed E-state index contributed by atoms with van der Waals surface area (Å²) in [7, 11) is 1.33. The molecular formula is C13H10BrClN2O2. The molecule has 0 unspecified atom stereocenters. The van der Waals surface area contributed by atoms with Crippen LogP contribution in [0.25, 0.3) is 0 Å². The molecule has 0 aliphatic heterocycles. The summed E-state index contributed by atoms with van der Waals surface area (Å²) in [6, 6.07) is 8.79. The Morgan fingerprint density at radius 2 is 2.21 bits per heavy atom. The van der Waals surface area contributed by atoms with Crippen LogP contribution in [0.4, 0.5) is 11.5 Å². The van der Waals surface area contributed by atoms with Crippen LogP contribution in [0.5, 0.6) is 0 Å². The molecule has 4 nitrogen and oxygen atoms in total. The summed E-state index contributed by atoms with van der Waals surface area (Å²) in [5, 5.41) is 3.64. The maximum Gasteiger partial charge on any atom is 0.341 e. The van der Waals surface area contributed by atoms with Gasteiger partial charge in [-0.3, -0.25) is 0 Å². The van der Waals surface area contributed by atoms with E-state index in [0.29, 0.717) is 20.9 Å². The van der Waals surface area contributed by atoms with Crippen LogP contribution in [0.3, 0.4) is 0 Å². The highest BCUT2D eigenvalue weighted by atomic mass is 79.9. The van der Waals surface area contributed by atoms with Gasteiger partial charge in [0.2, 0.25) is 0 Å². The number of pyridine rings is 1. The molecule has 1 N–H and O–H groups in total. The minimum absolute atomic E-state index is 0.344. The van der Waals surface area contributed by atoms with E-state index in [0.717, 1.165) is 5.69 Å². The van der Waals surface area contributed by atoms with Gasteiger partial charge in [0.05, 0.1) is 7.11 Å². The monoisotopic (exact) mass is 340 g/mol.